The van der Waals surface area contributed by atoms with Crippen molar-refractivity contribution in [2.24, 2.45) is 5.92 Å². The zero-order valence-corrected chi connectivity index (χ0v) is 20.9. The number of rotatable bonds is 7. The SMILES string of the molecule is CCC1CN(CCOc2cc(F)c([C@@H]3C4Nc5ccccc5C4C[C@@H](C)N3C3CCC3)c(F)c2)C1. The van der Waals surface area contributed by atoms with Crippen LogP contribution in [0.4, 0.5) is 14.5 Å². The molecule has 1 N–H and O–H groups in total. The van der Waals surface area contributed by atoms with E-state index in [-0.39, 0.29) is 35.4 Å². The molecule has 6 heteroatoms. The molecule has 2 saturated heterocycles. The number of nitrogens with one attached hydrogen (secondary N) is 1. The summed E-state index contributed by atoms with van der Waals surface area (Å²) in [5, 5.41) is 3.66. The van der Waals surface area contributed by atoms with E-state index in [2.05, 4.69) is 47.2 Å². The van der Waals surface area contributed by atoms with Crippen molar-refractivity contribution in [2.75, 3.05) is 31.6 Å². The molecule has 3 aliphatic heterocycles. The fourth-order valence-corrected chi connectivity index (χ4v) is 6.88. The summed E-state index contributed by atoms with van der Waals surface area (Å²) >= 11 is 0. The minimum absolute atomic E-state index is 0.0436. The fourth-order valence-electron chi connectivity index (χ4n) is 6.88. The molecule has 4 nitrogen and oxygen atoms in total. The van der Waals surface area contributed by atoms with Crippen LogP contribution < -0.4 is 10.1 Å². The van der Waals surface area contributed by atoms with E-state index in [1.54, 1.807) is 0 Å². The van der Waals surface area contributed by atoms with E-state index in [1.165, 1.54) is 30.5 Å². The molecule has 0 bridgehead atoms. The maximum atomic E-state index is 15.7. The van der Waals surface area contributed by atoms with Crippen LogP contribution in [0, 0.1) is 17.6 Å². The second-order valence-corrected chi connectivity index (χ2v) is 11.1. The Labute approximate surface area is 207 Å². The molecule has 2 aromatic carbocycles. The first-order chi connectivity index (χ1) is 17.0. The van der Waals surface area contributed by atoms with Crippen molar-refractivity contribution in [3.05, 3.63) is 59.2 Å². The van der Waals surface area contributed by atoms with Gasteiger partial charge in [-0.2, -0.15) is 0 Å². The molecule has 0 spiro atoms. The number of nitrogens with zero attached hydrogens (tertiary/aromatic N) is 2. The fraction of sp³-hybridized carbons (Fsp3) is 0.586. The third kappa shape index (κ3) is 4.13. The highest BCUT2D eigenvalue weighted by atomic mass is 19.1. The minimum Gasteiger partial charge on any atom is -0.492 e. The molecular formula is C29H37F2N3O. The molecular weight excluding hydrogens is 444 g/mol. The summed E-state index contributed by atoms with van der Waals surface area (Å²) < 4.78 is 37.3. The largest absolute Gasteiger partial charge is 0.492 e. The third-order valence-electron chi connectivity index (χ3n) is 9.01. The Morgan fingerprint density at radius 2 is 1.83 bits per heavy atom. The molecule has 0 amide bonds. The van der Waals surface area contributed by atoms with Crippen LogP contribution in [0.1, 0.15) is 69.0 Å². The van der Waals surface area contributed by atoms with Gasteiger partial charge in [-0.15, -0.1) is 0 Å². The van der Waals surface area contributed by atoms with E-state index in [1.807, 2.05) is 6.07 Å². The van der Waals surface area contributed by atoms with Gasteiger partial charge in [-0.3, -0.25) is 9.80 Å². The number of hydrogen-bond donors (Lipinski definition) is 1. The lowest BCUT2D eigenvalue weighted by Crippen LogP contribution is -2.56. The Bertz CT molecular complexity index is 1040. The zero-order valence-electron chi connectivity index (χ0n) is 20.9. The van der Waals surface area contributed by atoms with E-state index in [9.17, 15) is 0 Å². The van der Waals surface area contributed by atoms with E-state index in [0.717, 1.165) is 50.5 Å². The van der Waals surface area contributed by atoms with E-state index in [0.29, 0.717) is 12.6 Å². The number of hydrogen-bond acceptors (Lipinski definition) is 4. The lowest BCUT2D eigenvalue weighted by atomic mass is 9.75. The van der Waals surface area contributed by atoms with Crippen LogP contribution in [-0.2, 0) is 0 Å². The van der Waals surface area contributed by atoms with Gasteiger partial charge in [0.1, 0.15) is 24.0 Å². The van der Waals surface area contributed by atoms with Crippen molar-refractivity contribution in [1.82, 2.24) is 9.80 Å². The number of halogens is 2. The Kier molecular flexibility index (Phi) is 6.21. The summed E-state index contributed by atoms with van der Waals surface area (Å²) in [6, 6.07) is 11.4. The number of piperidine rings is 1. The number of anilines is 1. The lowest BCUT2D eigenvalue weighted by molar-refractivity contribution is -0.00501. The molecule has 2 aromatic rings. The first kappa shape index (κ1) is 23.2. The van der Waals surface area contributed by atoms with Gasteiger partial charge in [0.15, 0.2) is 0 Å². The van der Waals surface area contributed by atoms with Crippen LogP contribution in [0.15, 0.2) is 36.4 Å². The molecule has 4 aliphatic rings. The average Bonchev–Trinajstić information content (AvgIpc) is 3.13. The smallest absolute Gasteiger partial charge is 0.134 e. The molecule has 35 heavy (non-hydrogen) atoms. The van der Waals surface area contributed by atoms with Gasteiger partial charge in [0, 0.05) is 61.0 Å². The van der Waals surface area contributed by atoms with Crippen LogP contribution in [0.3, 0.4) is 0 Å². The highest BCUT2D eigenvalue weighted by molar-refractivity contribution is 5.61. The highest BCUT2D eigenvalue weighted by Crippen LogP contribution is 2.52. The zero-order chi connectivity index (χ0) is 24.1. The molecule has 6 rings (SSSR count). The quantitative estimate of drug-likeness (QED) is 0.529. The topological polar surface area (TPSA) is 27.7 Å². The first-order valence-corrected chi connectivity index (χ1v) is 13.5. The highest BCUT2D eigenvalue weighted by Gasteiger charge is 2.50. The van der Waals surface area contributed by atoms with Gasteiger partial charge in [-0.25, -0.2) is 8.78 Å². The summed E-state index contributed by atoms with van der Waals surface area (Å²) in [4.78, 5) is 4.75. The molecule has 3 heterocycles. The van der Waals surface area contributed by atoms with Crippen molar-refractivity contribution in [3.63, 3.8) is 0 Å². The predicted octanol–water partition coefficient (Wildman–Crippen LogP) is 5.95. The number of likely N-dealkylation sites (tertiary alicyclic amines) is 2. The Morgan fingerprint density at radius 3 is 2.51 bits per heavy atom. The lowest BCUT2D eigenvalue weighted by Gasteiger charge is -2.53. The number of benzene rings is 2. The molecule has 0 aromatic heterocycles. The molecule has 2 unspecified atom stereocenters. The Morgan fingerprint density at radius 1 is 1.09 bits per heavy atom. The van der Waals surface area contributed by atoms with Crippen molar-refractivity contribution in [1.29, 1.82) is 0 Å². The maximum Gasteiger partial charge on any atom is 0.134 e. The van der Waals surface area contributed by atoms with Crippen molar-refractivity contribution < 1.29 is 13.5 Å². The minimum atomic E-state index is -0.491. The summed E-state index contributed by atoms with van der Waals surface area (Å²) in [5.41, 5.74) is 2.58. The number of para-hydroxylation sites is 1. The van der Waals surface area contributed by atoms with Crippen LogP contribution in [0.25, 0.3) is 0 Å². The summed E-state index contributed by atoms with van der Waals surface area (Å²) in [5.74, 6) is 0.333. The summed E-state index contributed by atoms with van der Waals surface area (Å²) in [6.07, 6.45) is 5.60. The molecule has 1 aliphatic carbocycles. The molecule has 0 radical (unpaired) electrons. The predicted molar refractivity (Wildman–Crippen MR) is 135 cm³/mol. The summed E-state index contributed by atoms with van der Waals surface area (Å²) in [6.45, 7) is 7.88. The molecule has 1 saturated carbocycles. The van der Waals surface area contributed by atoms with Gasteiger partial charge in [0.25, 0.3) is 0 Å². The van der Waals surface area contributed by atoms with Crippen molar-refractivity contribution in [2.45, 2.75) is 76.0 Å². The number of ether oxygens (including phenoxy) is 1. The monoisotopic (exact) mass is 481 g/mol. The van der Waals surface area contributed by atoms with Crippen molar-refractivity contribution >= 4 is 5.69 Å². The number of fused-ring (bicyclic) bond motifs is 3. The van der Waals surface area contributed by atoms with Crippen molar-refractivity contribution in [3.8, 4) is 5.75 Å². The normalized spacial score (nSPS) is 29.1. The third-order valence-corrected chi connectivity index (χ3v) is 9.01. The van der Waals surface area contributed by atoms with Gasteiger partial charge in [0.2, 0.25) is 0 Å². The molecule has 188 valence electrons. The van der Waals surface area contributed by atoms with E-state index in [4.69, 9.17) is 4.74 Å². The van der Waals surface area contributed by atoms with Gasteiger partial charge in [-0.1, -0.05) is 38.0 Å². The maximum absolute atomic E-state index is 15.7. The van der Waals surface area contributed by atoms with Crippen LogP contribution in [0.2, 0.25) is 0 Å². The van der Waals surface area contributed by atoms with Crippen LogP contribution >= 0.6 is 0 Å². The van der Waals surface area contributed by atoms with Crippen LogP contribution in [0.5, 0.6) is 5.75 Å². The van der Waals surface area contributed by atoms with Crippen LogP contribution in [-0.4, -0.2) is 54.2 Å². The average molecular weight is 482 g/mol. The molecule has 3 fully saturated rings. The summed E-state index contributed by atoms with van der Waals surface area (Å²) in [7, 11) is 0. The second-order valence-electron chi connectivity index (χ2n) is 11.1. The van der Waals surface area contributed by atoms with E-state index < -0.39 is 11.6 Å². The van der Waals surface area contributed by atoms with Gasteiger partial charge < -0.3 is 10.1 Å². The second kappa shape index (κ2) is 9.36. The standard InChI is InChI=1S/C29H37F2N3O/c1-3-19-16-33(17-19)11-12-35-21-14-24(30)27(25(31)15-21)29-28-23(22-9-4-5-10-26(22)32-28)13-18(2)34(29)20-7-6-8-20/h4-5,9-10,14-15,18-20,23,28-29,32H,3,6-8,11-13,16-17H2,1-2H3/t18-,23?,28?,29-/m1/s1. The van der Waals surface area contributed by atoms with Gasteiger partial charge in [0.05, 0.1) is 12.1 Å². The Balaban J connectivity index is 1.26. The van der Waals surface area contributed by atoms with Gasteiger partial charge >= 0.3 is 0 Å². The first-order valence-electron chi connectivity index (χ1n) is 13.5. The van der Waals surface area contributed by atoms with E-state index >= 15 is 8.78 Å². The van der Waals surface area contributed by atoms with Gasteiger partial charge in [-0.05, 0) is 43.7 Å². The molecule has 4 atom stereocenters. The Hall–Kier alpha value is -2.18.